The van der Waals surface area contributed by atoms with Crippen LogP contribution in [0.4, 0.5) is 0 Å². The van der Waals surface area contributed by atoms with E-state index in [2.05, 4.69) is 10.6 Å². The van der Waals surface area contributed by atoms with Gasteiger partial charge in [-0.2, -0.15) is 0 Å². The second-order valence-electron chi connectivity index (χ2n) is 5.97. The van der Waals surface area contributed by atoms with Crippen molar-refractivity contribution in [2.45, 2.75) is 19.8 Å². The first kappa shape index (κ1) is 17.4. The van der Waals surface area contributed by atoms with Crippen molar-refractivity contribution in [3.8, 4) is 0 Å². The van der Waals surface area contributed by atoms with Crippen LogP contribution in [-0.4, -0.2) is 44.7 Å². The number of amides is 2. The van der Waals surface area contributed by atoms with Gasteiger partial charge in [0, 0.05) is 38.4 Å². The van der Waals surface area contributed by atoms with Crippen LogP contribution in [0, 0.1) is 12.3 Å². The summed E-state index contributed by atoms with van der Waals surface area (Å²) in [4.78, 5) is 24.3. The maximum atomic E-state index is 12.3. The Labute approximate surface area is 136 Å². The summed E-state index contributed by atoms with van der Waals surface area (Å²) in [5.74, 6) is -0.188. The Morgan fingerprint density at radius 3 is 2.35 bits per heavy atom. The number of hydrogen-bond acceptors (Lipinski definition) is 4. The Morgan fingerprint density at radius 2 is 1.74 bits per heavy atom. The summed E-state index contributed by atoms with van der Waals surface area (Å²) in [5, 5.41) is 5.67. The fraction of sp³-hybridized carbons (Fsp3) is 0.529. The third-order valence-corrected chi connectivity index (χ3v) is 4.33. The van der Waals surface area contributed by atoms with E-state index < -0.39 is 5.41 Å². The van der Waals surface area contributed by atoms with Crippen LogP contribution in [0.2, 0.25) is 0 Å². The van der Waals surface area contributed by atoms with E-state index in [4.69, 9.17) is 10.5 Å². The molecule has 4 N–H and O–H groups in total. The number of nitrogens with two attached hydrogens (primary N) is 1. The molecule has 6 heteroatoms. The largest absolute Gasteiger partial charge is 0.381 e. The third-order valence-electron chi connectivity index (χ3n) is 4.33. The molecule has 2 rings (SSSR count). The Morgan fingerprint density at radius 1 is 1.13 bits per heavy atom. The van der Waals surface area contributed by atoms with Crippen molar-refractivity contribution in [1.29, 1.82) is 0 Å². The van der Waals surface area contributed by atoms with Crippen molar-refractivity contribution >= 4 is 11.8 Å². The Kier molecular flexibility index (Phi) is 6.12. The van der Waals surface area contributed by atoms with E-state index in [9.17, 15) is 9.59 Å². The monoisotopic (exact) mass is 319 g/mol. The molecule has 1 saturated heterocycles. The minimum absolute atomic E-state index is 0.0483. The highest BCUT2D eigenvalue weighted by atomic mass is 16.5. The zero-order valence-corrected chi connectivity index (χ0v) is 13.6. The molecule has 0 spiro atoms. The SMILES string of the molecule is Cc1ccc(C(=O)NCCNC(=O)C2(CN)CCOCC2)cc1. The first-order valence-corrected chi connectivity index (χ1v) is 7.98. The van der Waals surface area contributed by atoms with E-state index in [0.29, 0.717) is 51.3 Å². The first-order valence-electron chi connectivity index (χ1n) is 7.98. The number of carbonyl (C=O) groups excluding carboxylic acids is 2. The van der Waals surface area contributed by atoms with E-state index in [1.165, 1.54) is 0 Å². The number of carbonyl (C=O) groups is 2. The van der Waals surface area contributed by atoms with Gasteiger partial charge in [0.05, 0.1) is 5.41 Å². The number of ether oxygens (including phenoxy) is 1. The molecule has 6 nitrogen and oxygen atoms in total. The van der Waals surface area contributed by atoms with Gasteiger partial charge >= 0.3 is 0 Å². The van der Waals surface area contributed by atoms with Crippen molar-refractivity contribution in [3.63, 3.8) is 0 Å². The van der Waals surface area contributed by atoms with Gasteiger partial charge < -0.3 is 21.1 Å². The highest BCUT2D eigenvalue weighted by Crippen LogP contribution is 2.29. The molecule has 1 aliphatic heterocycles. The van der Waals surface area contributed by atoms with Crippen molar-refractivity contribution in [2.24, 2.45) is 11.1 Å². The number of rotatable bonds is 6. The van der Waals surface area contributed by atoms with Gasteiger partial charge in [0.2, 0.25) is 5.91 Å². The predicted octanol–water partition coefficient (Wildman–Crippen LogP) is 0.597. The average molecular weight is 319 g/mol. The lowest BCUT2D eigenvalue weighted by Gasteiger charge is -2.34. The zero-order valence-electron chi connectivity index (χ0n) is 13.6. The number of nitrogens with one attached hydrogen (secondary N) is 2. The molecule has 126 valence electrons. The van der Waals surface area contributed by atoms with Gasteiger partial charge in [-0.25, -0.2) is 0 Å². The average Bonchev–Trinajstić information content (AvgIpc) is 2.59. The highest BCUT2D eigenvalue weighted by Gasteiger charge is 2.38. The number of hydrogen-bond donors (Lipinski definition) is 3. The summed E-state index contributed by atoms with van der Waals surface area (Å²) in [6.07, 6.45) is 1.29. The van der Waals surface area contributed by atoms with E-state index in [1.54, 1.807) is 12.1 Å². The standard InChI is InChI=1S/C17H25N3O3/c1-13-2-4-14(5-3-13)15(21)19-8-9-20-16(22)17(12-18)6-10-23-11-7-17/h2-5H,6-12,18H2,1H3,(H,19,21)(H,20,22). The van der Waals surface area contributed by atoms with E-state index in [0.717, 1.165) is 5.56 Å². The second-order valence-corrected chi connectivity index (χ2v) is 5.97. The fourth-order valence-electron chi connectivity index (χ4n) is 2.63. The molecular weight excluding hydrogens is 294 g/mol. The minimum Gasteiger partial charge on any atom is -0.381 e. The van der Waals surface area contributed by atoms with Crippen LogP contribution in [0.25, 0.3) is 0 Å². The molecule has 23 heavy (non-hydrogen) atoms. The van der Waals surface area contributed by atoms with Crippen LogP contribution >= 0.6 is 0 Å². The predicted molar refractivity (Wildman–Crippen MR) is 88.1 cm³/mol. The molecule has 0 aromatic heterocycles. The minimum atomic E-state index is -0.529. The van der Waals surface area contributed by atoms with Crippen LogP contribution in [-0.2, 0) is 9.53 Å². The lowest BCUT2D eigenvalue weighted by molar-refractivity contribution is -0.135. The summed E-state index contributed by atoms with van der Waals surface area (Å²) in [6.45, 7) is 4.19. The zero-order chi connectivity index (χ0) is 16.7. The maximum Gasteiger partial charge on any atom is 0.251 e. The molecule has 0 bridgehead atoms. The molecular formula is C17H25N3O3. The Balaban J connectivity index is 1.75. The van der Waals surface area contributed by atoms with Crippen molar-refractivity contribution in [3.05, 3.63) is 35.4 Å². The molecule has 0 aliphatic carbocycles. The molecule has 0 saturated carbocycles. The molecule has 1 aromatic rings. The van der Waals surface area contributed by atoms with Gasteiger partial charge in [-0.3, -0.25) is 9.59 Å². The molecule has 0 unspecified atom stereocenters. The molecule has 0 atom stereocenters. The molecule has 1 heterocycles. The van der Waals surface area contributed by atoms with Crippen molar-refractivity contribution < 1.29 is 14.3 Å². The van der Waals surface area contributed by atoms with Gasteiger partial charge in [0.25, 0.3) is 5.91 Å². The van der Waals surface area contributed by atoms with E-state index in [-0.39, 0.29) is 11.8 Å². The summed E-state index contributed by atoms with van der Waals surface area (Å²) >= 11 is 0. The molecule has 1 aliphatic rings. The Hall–Kier alpha value is -1.92. The lowest BCUT2D eigenvalue weighted by atomic mass is 9.79. The fourth-order valence-corrected chi connectivity index (χ4v) is 2.63. The van der Waals surface area contributed by atoms with Crippen LogP contribution in [0.3, 0.4) is 0 Å². The van der Waals surface area contributed by atoms with Crippen molar-refractivity contribution in [2.75, 3.05) is 32.8 Å². The lowest BCUT2D eigenvalue weighted by Crippen LogP contribution is -2.50. The normalized spacial score (nSPS) is 16.6. The van der Waals surface area contributed by atoms with Gasteiger partial charge in [-0.15, -0.1) is 0 Å². The molecule has 2 amide bonds. The van der Waals surface area contributed by atoms with Gasteiger partial charge in [-0.05, 0) is 31.9 Å². The topological polar surface area (TPSA) is 93.5 Å². The van der Waals surface area contributed by atoms with Gasteiger partial charge in [0.15, 0.2) is 0 Å². The van der Waals surface area contributed by atoms with E-state index >= 15 is 0 Å². The van der Waals surface area contributed by atoms with Crippen LogP contribution in [0.5, 0.6) is 0 Å². The smallest absolute Gasteiger partial charge is 0.251 e. The Bertz CT molecular complexity index is 537. The molecule has 0 radical (unpaired) electrons. The van der Waals surface area contributed by atoms with Gasteiger partial charge in [-0.1, -0.05) is 17.7 Å². The second kappa shape index (κ2) is 8.08. The third kappa shape index (κ3) is 4.53. The highest BCUT2D eigenvalue weighted by molar-refractivity contribution is 5.94. The van der Waals surface area contributed by atoms with Crippen LogP contribution in [0.1, 0.15) is 28.8 Å². The summed E-state index contributed by atoms with van der Waals surface area (Å²) in [6, 6.07) is 7.36. The maximum absolute atomic E-state index is 12.3. The molecule has 1 aromatic carbocycles. The van der Waals surface area contributed by atoms with Crippen molar-refractivity contribution in [1.82, 2.24) is 10.6 Å². The van der Waals surface area contributed by atoms with Crippen LogP contribution < -0.4 is 16.4 Å². The molecule has 1 fully saturated rings. The summed E-state index contributed by atoms with van der Waals surface area (Å²) in [7, 11) is 0. The summed E-state index contributed by atoms with van der Waals surface area (Å²) in [5.41, 5.74) is 6.99. The quantitative estimate of drug-likeness (QED) is 0.669. The van der Waals surface area contributed by atoms with Crippen LogP contribution in [0.15, 0.2) is 24.3 Å². The number of benzene rings is 1. The van der Waals surface area contributed by atoms with Gasteiger partial charge in [0.1, 0.15) is 0 Å². The van der Waals surface area contributed by atoms with E-state index in [1.807, 2.05) is 19.1 Å². The first-order chi connectivity index (χ1) is 11.1. The summed E-state index contributed by atoms with van der Waals surface area (Å²) < 4.78 is 5.30. The number of aryl methyl sites for hydroxylation is 1.